The lowest BCUT2D eigenvalue weighted by Gasteiger charge is -2.11. The third-order valence-electron chi connectivity index (χ3n) is 4.00. The Balaban J connectivity index is 1.84. The summed E-state index contributed by atoms with van der Waals surface area (Å²) in [6.07, 6.45) is 2.21. The molecule has 0 spiro atoms. The van der Waals surface area contributed by atoms with E-state index in [1.807, 2.05) is 0 Å². The number of aromatic nitrogens is 1. The van der Waals surface area contributed by atoms with Crippen molar-refractivity contribution >= 4 is 5.97 Å². The van der Waals surface area contributed by atoms with Crippen LogP contribution in [0.15, 0.2) is 24.3 Å². The van der Waals surface area contributed by atoms with E-state index in [1.54, 1.807) is 6.07 Å². The van der Waals surface area contributed by atoms with Gasteiger partial charge in [0.2, 0.25) is 0 Å². The number of esters is 1. The van der Waals surface area contributed by atoms with Crippen LogP contribution in [0.4, 0.5) is 8.78 Å². The molecule has 2 aromatic rings. The number of aryl methyl sites for hydroxylation is 1. The summed E-state index contributed by atoms with van der Waals surface area (Å²) < 4.78 is 31.4. The fourth-order valence-electron chi connectivity index (χ4n) is 2.94. The summed E-state index contributed by atoms with van der Waals surface area (Å²) >= 11 is 0. The zero-order valence-electron chi connectivity index (χ0n) is 11.6. The number of nitrogens with one attached hydrogen (secondary N) is 1. The largest absolute Gasteiger partial charge is 0.464 e. The van der Waals surface area contributed by atoms with Crippen LogP contribution in [-0.2, 0) is 17.6 Å². The van der Waals surface area contributed by atoms with Crippen LogP contribution in [0.25, 0.3) is 0 Å². The van der Waals surface area contributed by atoms with Crippen molar-refractivity contribution in [3.05, 3.63) is 58.4 Å². The smallest absolute Gasteiger partial charge is 0.354 e. The first-order chi connectivity index (χ1) is 10.1. The molecular formula is C16H15F2NO2. The maximum Gasteiger partial charge on any atom is 0.354 e. The van der Waals surface area contributed by atoms with Crippen LogP contribution in [0.1, 0.15) is 39.6 Å². The quantitative estimate of drug-likeness (QED) is 0.881. The van der Waals surface area contributed by atoms with E-state index in [2.05, 4.69) is 9.72 Å². The molecule has 1 N–H and O–H groups in total. The summed E-state index contributed by atoms with van der Waals surface area (Å²) in [7, 11) is 1.33. The normalized spacial score (nSPS) is 16.8. The number of hydrogen-bond donors (Lipinski definition) is 1. The number of halogens is 2. The van der Waals surface area contributed by atoms with E-state index in [0.717, 1.165) is 30.2 Å². The topological polar surface area (TPSA) is 42.1 Å². The summed E-state index contributed by atoms with van der Waals surface area (Å²) in [5.74, 6) is -1.36. The van der Waals surface area contributed by atoms with Crippen molar-refractivity contribution in [3.63, 3.8) is 0 Å². The molecule has 1 unspecified atom stereocenters. The van der Waals surface area contributed by atoms with Crippen molar-refractivity contribution in [1.29, 1.82) is 0 Å². The molecule has 3 nitrogen and oxygen atoms in total. The van der Waals surface area contributed by atoms with E-state index in [-0.39, 0.29) is 5.92 Å². The van der Waals surface area contributed by atoms with E-state index in [1.165, 1.54) is 19.2 Å². The van der Waals surface area contributed by atoms with Gasteiger partial charge in [0, 0.05) is 11.8 Å². The summed E-state index contributed by atoms with van der Waals surface area (Å²) in [6, 6.07) is 5.43. The average Bonchev–Trinajstić information content (AvgIpc) is 3.02. The minimum absolute atomic E-state index is 0.134. The van der Waals surface area contributed by atoms with Gasteiger partial charge < -0.3 is 9.72 Å². The lowest BCUT2D eigenvalue weighted by molar-refractivity contribution is 0.0594. The van der Waals surface area contributed by atoms with E-state index in [4.69, 9.17) is 0 Å². The lowest BCUT2D eigenvalue weighted by Crippen LogP contribution is -2.03. The van der Waals surface area contributed by atoms with E-state index in [9.17, 15) is 13.6 Å². The average molecular weight is 291 g/mol. The van der Waals surface area contributed by atoms with Crippen molar-refractivity contribution in [3.8, 4) is 0 Å². The van der Waals surface area contributed by atoms with Crippen molar-refractivity contribution in [1.82, 2.24) is 4.98 Å². The van der Waals surface area contributed by atoms with E-state index < -0.39 is 17.6 Å². The van der Waals surface area contributed by atoms with Gasteiger partial charge >= 0.3 is 5.97 Å². The summed E-state index contributed by atoms with van der Waals surface area (Å²) in [5, 5.41) is 0. The molecule has 1 aromatic heterocycles. The highest BCUT2D eigenvalue weighted by Crippen LogP contribution is 2.36. The SMILES string of the molecule is COC(=O)c1cc2c([nH]1)CCC2Cc1ccc(F)cc1F. The third kappa shape index (κ3) is 2.55. The standard InChI is InChI=1S/C16H15F2NO2/c1-21-16(20)15-8-12-9(3-5-14(12)19-15)6-10-2-4-11(17)7-13(10)18/h2,4,7-9,19H,3,5-6H2,1H3. The minimum Gasteiger partial charge on any atom is -0.464 e. The number of hydrogen-bond acceptors (Lipinski definition) is 2. The predicted molar refractivity (Wildman–Crippen MR) is 73.3 cm³/mol. The van der Waals surface area contributed by atoms with Gasteiger partial charge in [-0.25, -0.2) is 13.6 Å². The molecule has 110 valence electrons. The van der Waals surface area contributed by atoms with E-state index in [0.29, 0.717) is 17.7 Å². The van der Waals surface area contributed by atoms with Gasteiger partial charge in [0.15, 0.2) is 0 Å². The maximum atomic E-state index is 13.7. The fraction of sp³-hybridized carbons (Fsp3) is 0.312. The highest BCUT2D eigenvalue weighted by Gasteiger charge is 2.27. The second-order valence-corrected chi connectivity index (χ2v) is 5.28. The molecule has 1 aliphatic rings. The third-order valence-corrected chi connectivity index (χ3v) is 4.00. The first kappa shape index (κ1) is 13.8. The Bertz CT molecular complexity index is 694. The number of rotatable bonds is 3. The van der Waals surface area contributed by atoms with Crippen LogP contribution in [-0.4, -0.2) is 18.1 Å². The molecule has 1 aliphatic carbocycles. The highest BCUT2D eigenvalue weighted by atomic mass is 19.1. The first-order valence-electron chi connectivity index (χ1n) is 6.82. The molecule has 0 saturated heterocycles. The molecule has 0 saturated carbocycles. The molecule has 0 bridgehead atoms. The molecule has 1 atom stereocenters. The molecule has 21 heavy (non-hydrogen) atoms. The number of ether oxygens (including phenoxy) is 1. The summed E-state index contributed by atoms with van der Waals surface area (Å²) in [6.45, 7) is 0. The molecule has 0 fully saturated rings. The van der Waals surface area contributed by atoms with Gasteiger partial charge in [0.1, 0.15) is 17.3 Å². The molecular weight excluding hydrogens is 276 g/mol. The zero-order valence-corrected chi connectivity index (χ0v) is 11.6. The fourth-order valence-corrected chi connectivity index (χ4v) is 2.94. The van der Waals surface area contributed by atoms with Crippen LogP contribution in [0.5, 0.6) is 0 Å². The van der Waals surface area contributed by atoms with E-state index >= 15 is 0 Å². The van der Waals surface area contributed by atoms with Crippen molar-refractivity contribution in [2.24, 2.45) is 0 Å². The first-order valence-corrected chi connectivity index (χ1v) is 6.82. The summed E-state index contributed by atoms with van der Waals surface area (Å²) in [4.78, 5) is 14.6. The second-order valence-electron chi connectivity index (χ2n) is 5.28. The molecule has 0 amide bonds. The van der Waals surface area contributed by atoms with Crippen molar-refractivity contribution in [2.45, 2.75) is 25.2 Å². The van der Waals surface area contributed by atoms with Gasteiger partial charge in [-0.15, -0.1) is 0 Å². The molecule has 0 radical (unpaired) electrons. The van der Waals surface area contributed by atoms with Crippen LogP contribution in [0, 0.1) is 11.6 Å². The van der Waals surface area contributed by atoms with Gasteiger partial charge in [0.25, 0.3) is 0 Å². The van der Waals surface area contributed by atoms with Gasteiger partial charge in [-0.05, 0) is 48.4 Å². The van der Waals surface area contributed by atoms with Crippen LogP contribution >= 0.6 is 0 Å². The number of carbonyl (C=O) groups excluding carboxylic acids is 1. The molecule has 3 rings (SSSR count). The number of benzene rings is 1. The molecule has 0 aliphatic heterocycles. The molecule has 5 heteroatoms. The predicted octanol–water partition coefficient (Wildman–Crippen LogP) is 3.35. The molecule has 1 aromatic carbocycles. The highest BCUT2D eigenvalue weighted by molar-refractivity contribution is 5.88. The Hall–Kier alpha value is -2.17. The van der Waals surface area contributed by atoms with Crippen molar-refractivity contribution < 1.29 is 18.3 Å². The Labute approximate surface area is 120 Å². The number of aromatic amines is 1. The lowest BCUT2D eigenvalue weighted by atomic mass is 9.94. The Morgan fingerprint density at radius 3 is 2.90 bits per heavy atom. The van der Waals surface area contributed by atoms with Gasteiger partial charge in [0.05, 0.1) is 7.11 Å². The van der Waals surface area contributed by atoms with Crippen LogP contribution in [0.2, 0.25) is 0 Å². The second kappa shape index (κ2) is 5.31. The summed E-state index contributed by atoms with van der Waals surface area (Å²) in [5.41, 5.74) is 2.95. The van der Waals surface area contributed by atoms with Gasteiger partial charge in [-0.3, -0.25) is 0 Å². The Morgan fingerprint density at radius 2 is 2.19 bits per heavy atom. The minimum atomic E-state index is -0.571. The van der Waals surface area contributed by atoms with Gasteiger partial charge in [-0.1, -0.05) is 6.07 Å². The zero-order chi connectivity index (χ0) is 15.0. The monoisotopic (exact) mass is 291 g/mol. The molecule has 1 heterocycles. The number of methoxy groups -OCH3 is 1. The number of fused-ring (bicyclic) bond motifs is 1. The number of H-pyrrole nitrogens is 1. The maximum absolute atomic E-state index is 13.7. The van der Waals surface area contributed by atoms with Crippen LogP contribution < -0.4 is 0 Å². The van der Waals surface area contributed by atoms with Gasteiger partial charge in [-0.2, -0.15) is 0 Å². The van der Waals surface area contributed by atoms with Crippen molar-refractivity contribution in [2.75, 3.05) is 7.11 Å². The Kier molecular flexibility index (Phi) is 3.49. The number of carbonyl (C=O) groups is 1. The van der Waals surface area contributed by atoms with Crippen LogP contribution in [0.3, 0.4) is 0 Å². The Morgan fingerprint density at radius 1 is 1.38 bits per heavy atom.